The van der Waals surface area contributed by atoms with Crippen molar-refractivity contribution in [2.24, 2.45) is 0 Å². The lowest BCUT2D eigenvalue weighted by atomic mass is 10.1. The number of carbonyl (C=O) groups excluding carboxylic acids is 1. The van der Waals surface area contributed by atoms with Gasteiger partial charge in [-0.1, -0.05) is 30.3 Å². The number of hydrogen-bond donors (Lipinski definition) is 1. The topological polar surface area (TPSA) is 41.6 Å². The zero-order chi connectivity index (χ0) is 16.9. The fourth-order valence-electron chi connectivity index (χ4n) is 3.07. The van der Waals surface area contributed by atoms with Crippen LogP contribution in [0.25, 0.3) is 10.4 Å². The summed E-state index contributed by atoms with van der Waals surface area (Å²) in [5.74, 6) is 0.795. The van der Waals surface area contributed by atoms with Gasteiger partial charge >= 0.3 is 0 Å². The maximum atomic E-state index is 13.0. The lowest BCUT2D eigenvalue weighted by Crippen LogP contribution is -2.46. The Morgan fingerprint density at radius 3 is 2.80 bits per heavy atom. The third-order valence-corrected chi connectivity index (χ3v) is 5.52. The molecule has 4 nitrogen and oxygen atoms in total. The van der Waals surface area contributed by atoms with Crippen LogP contribution in [0, 0.1) is 0 Å². The van der Waals surface area contributed by atoms with Gasteiger partial charge in [-0.05, 0) is 38.4 Å². The number of carbonyl (C=O) groups is 1. The van der Waals surface area contributed by atoms with E-state index in [0.29, 0.717) is 23.3 Å². The lowest BCUT2D eigenvalue weighted by Gasteiger charge is -2.32. The minimum Gasteiger partial charge on any atom is -0.492 e. The highest BCUT2D eigenvalue weighted by Gasteiger charge is 2.27. The Morgan fingerprint density at radius 1 is 1.36 bits per heavy atom. The van der Waals surface area contributed by atoms with Gasteiger partial charge in [0.15, 0.2) is 0 Å². The van der Waals surface area contributed by atoms with Crippen molar-refractivity contribution in [2.75, 3.05) is 26.7 Å². The molecular formula is C19H25ClN2O2S. The van der Waals surface area contributed by atoms with E-state index in [2.05, 4.69) is 17.4 Å². The van der Waals surface area contributed by atoms with E-state index >= 15 is 0 Å². The van der Waals surface area contributed by atoms with Crippen LogP contribution in [0.2, 0.25) is 0 Å². The molecule has 0 radical (unpaired) electrons. The van der Waals surface area contributed by atoms with Crippen molar-refractivity contribution in [2.45, 2.75) is 25.8 Å². The first-order chi connectivity index (χ1) is 11.7. The zero-order valence-corrected chi connectivity index (χ0v) is 16.3. The SMILES string of the molecule is CCOc1cc(-c2ccccc2)sc1C(=O)N1CCCC(NC)C1.Cl. The van der Waals surface area contributed by atoms with Crippen LogP contribution in [0.4, 0.5) is 0 Å². The van der Waals surface area contributed by atoms with Crippen LogP contribution in [-0.4, -0.2) is 43.6 Å². The Morgan fingerprint density at radius 2 is 2.12 bits per heavy atom. The van der Waals surface area contributed by atoms with Crippen molar-refractivity contribution in [3.05, 3.63) is 41.3 Å². The van der Waals surface area contributed by atoms with Crippen LogP contribution in [0.3, 0.4) is 0 Å². The zero-order valence-electron chi connectivity index (χ0n) is 14.7. The molecule has 0 aliphatic carbocycles. The molecular weight excluding hydrogens is 356 g/mol. The van der Waals surface area contributed by atoms with Crippen molar-refractivity contribution in [3.8, 4) is 16.2 Å². The van der Waals surface area contributed by atoms with Crippen molar-refractivity contribution in [1.29, 1.82) is 0 Å². The predicted octanol–water partition coefficient (Wildman–Crippen LogP) is 4.06. The van der Waals surface area contributed by atoms with Gasteiger partial charge in [-0.25, -0.2) is 0 Å². The van der Waals surface area contributed by atoms with Crippen molar-refractivity contribution < 1.29 is 9.53 Å². The number of likely N-dealkylation sites (N-methyl/N-ethyl adjacent to an activating group) is 1. The number of nitrogens with one attached hydrogen (secondary N) is 1. The molecule has 1 saturated heterocycles. The van der Waals surface area contributed by atoms with Gasteiger partial charge < -0.3 is 15.0 Å². The molecule has 0 bridgehead atoms. The summed E-state index contributed by atoms with van der Waals surface area (Å²) >= 11 is 1.53. The molecule has 1 fully saturated rings. The molecule has 25 heavy (non-hydrogen) atoms. The third kappa shape index (κ3) is 4.54. The average Bonchev–Trinajstić information content (AvgIpc) is 3.06. The lowest BCUT2D eigenvalue weighted by molar-refractivity contribution is 0.0699. The van der Waals surface area contributed by atoms with Gasteiger partial charge in [0.25, 0.3) is 5.91 Å². The van der Waals surface area contributed by atoms with Crippen molar-refractivity contribution in [3.63, 3.8) is 0 Å². The monoisotopic (exact) mass is 380 g/mol. The van der Waals surface area contributed by atoms with Gasteiger partial charge in [-0.3, -0.25) is 4.79 Å². The number of amides is 1. The summed E-state index contributed by atoms with van der Waals surface area (Å²) in [5.41, 5.74) is 1.12. The summed E-state index contributed by atoms with van der Waals surface area (Å²) in [6, 6.07) is 12.5. The third-order valence-electron chi connectivity index (χ3n) is 4.37. The first-order valence-electron chi connectivity index (χ1n) is 8.51. The summed E-state index contributed by atoms with van der Waals surface area (Å²) in [4.78, 5) is 16.8. The molecule has 2 heterocycles. The van der Waals surface area contributed by atoms with Crippen LogP contribution in [-0.2, 0) is 0 Å². The highest BCUT2D eigenvalue weighted by atomic mass is 35.5. The van der Waals surface area contributed by atoms with E-state index in [4.69, 9.17) is 4.74 Å². The van der Waals surface area contributed by atoms with Crippen LogP contribution >= 0.6 is 23.7 Å². The molecule has 136 valence electrons. The van der Waals surface area contributed by atoms with Gasteiger partial charge in [0, 0.05) is 24.0 Å². The normalized spacial score (nSPS) is 17.0. The number of thiophene rings is 1. The summed E-state index contributed by atoms with van der Waals surface area (Å²) < 4.78 is 5.75. The first-order valence-corrected chi connectivity index (χ1v) is 9.33. The van der Waals surface area contributed by atoms with Crippen molar-refractivity contribution in [1.82, 2.24) is 10.2 Å². The maximum Gasteiger partial charge on any atom is 0.267 e. The molecule has 1 atom stereocenters. The second kappa shape index (κ2) is 9.22. The molecule has 1 aromatic carbocycles. The predicted molar refractivity (Wildman–Crippen MR) is 106 cm³/mol. The fraction of sp³-hybridized carbons (Fsp3) is 0.421. The molecule has 1 N–H and O–H groups in total. The Balaban J connectivity index is 0.00000225. The molecule has 2 aromatic rings. The summed E-state index contributed by atoms with van der Waals surface area (Å²) in [6.07, 6.45) is 2.16. The Bertz CT molecular complexity index is 690. The standard InChI is InChI=1S/C19H24N2O2S.ClH/c1-3-23-16-12-17(14-8-5-4-6-9-14)24-18(16)19(22)21-11-7-10-15(13-21)20-2;/h4-6,8-9,12,15,20H,3,7,10-11,13H2,1-2H3;1H. The smallest absolute Gasteiger partial charge is 0.267 e. The van der Waals surface area contributed by atoms with Crippen LogP contribution in [0.15, 0.2) is 36.4 Å². The molecule has 0 spiro atoms. The Labute approximate surface area is 159 Å². The molecule has 1 aliphatic heterocycles. The second-order valence-electron chi connectivity index (χ2n) is 5.98. The summed E-state index contributed by atoms with van der Waals surface area (Å²) in [6.45, 7) is 4.09. The molecule has 1 amide bonds. The quantitative estimate of drug-likeness (QED) is 0.850. The molecule has 1 aromatic heterocycles. The van der Waals surface area contributed by atoms with E-state index in [9.17, 15) is 4.79 Å². The Kier molecular flexibility index (Phi) is 7.29. The minimum absolute atomic E-state index is 0. The number of piperidine rings is 1. The summed E-state index contributed by atoms with van der Waals surface area (Å²) in [7, 11) is 1.96. The van der Waals surface area contributed by atoms with E-state index in [1.54, 1.807) is 0 Å². The van der Waals surface area contributed by atoms with Gasteiger partial charge in [-0.2, -0.15) is 0 Å². The van der Waals surface area contributed by atoms with Crippen LogP contribution in [0.1, 0.15) is 29.4 Å². The van der Waals surface area contributed by atoms with E-state index in [0.717, 1.165) is 36.4 Å². The number of halogens is 1. The van der Waals surface area contributed by atoms with Crippen LogP contribution < -0.4 is 10.1 Å². The Hall–Kier alpha value is -1.56. The largest absolute Gasteiger partial charge is 0.492 e. The second-order valence-corrected chi connectivity index (χ2v) is 7.03. The number of ether oxygens (including phenoxy) is 1. The van der Waals surface area contributed by atoms with E-state index in [1.807, 2.05) is 43.1 Å². The number of benzene rings is 1. The number of likely N-dealkylation sites (tertiary alicyclic amines) is 1. The van der Waals surface area contributed by atoms with Gasteiger partial charge in [-0.15, -0.1) is 23.7 Å². The van der Waals surface area contributed by atoms with Gasteiger partial charge in [0.1, 0.15) is 10.6 Å². The first kappa shape index (κ1) is 19.8. The highest BCUT2D eigenvalue weighted by molar-refractivity contribution is 7.17. The average molecular weight is 381 g/mol. The maximum absolute atomic E-state index is 13.0. The molecule has 3 rings (SSSR count). The molecule has 0 saturated carbocycles. The number of hydrogen-bond acceptors (Lipinski definition) is 4. The van der Waals surface area contributed by atoms with Crippen molar-refractivity contribution >= 4 is 29.7 Å². The van der Waals surface area contributed by atoms with Gasteiger partial charge in [0.2, 0.25) is 0 Å². The molecule has 1 unspecified atom stereocenters. The number of rotatable bonds is 5. The highest BCUT2D eigenvalue weighted by Crippen LogP contribution is 2.37. The molecule has 1 aliphatic rings. The van der Waals surface area contributed by atoms with Crippen LogP contribution in [0.5, 0.6) is 5.75 Å². The summed E-state index contributed by atoms with van der Waals surface area (Å²) in [5, 5.41) is 3.29. The van der Waals surface area contributed by atoms with E-state index in [-0.39, 0.29) is 18.3 Å². The number of nitrogens with zero attached hydrogens (tertiary/aromatic N) is 1. The van der Waals surface area contributed by atoms with Gasteiger partial charge in [0.05, 0.1) is 6.61 Å². The molecule has 6 heteroatoms. The van der Waals surface area contributed by atoms with E-state index in [1.165, 1.54) is 11.3 Å². The minimum atomic E-state index is 0. The van der Waals surface area contributed by atoms with E-state index < -0.39 is 0 Å². The fourth-order valence-corrected chi connectivity index (χ4v) is 4.15.